The zero-order valence-corrected chi connectivity index (χ0v) is 9.32. The van der Waals surface area contributed by atoms with E-state index < -0.39 is 0 Å². The SMILES string of the molecule is CCCNc1nc(Cl)c2ccsc2n1. The van der Waals surface area contributed by atoms with Crippen LogP contribution in [-0.2, 0) is 0 Å². The Morgan fingerprint density at radius 3 is 3.14 bits per heavy atom. The van der Waals surface area contributed by atoms with Gasteiger partial charge in [0.2, 0.25) is 5.95 Å². The van der Waals surface area contributed by atoms with Crippen LogP contribution < -0.4 is 5.32 Å². The van der Waals surface area contributed by atoms with E-state index >= 15 is 0 Å². The Hall–Kier alpha value is -0.870. The normalized spacial score (nSPS) is 10.7. The number of hydrogen-bond donors (Lipinski definition) is 1. The fourth-order valence-corrected chi connectivity index (χ4v) is 2.19. The lowest BCUT2D eigenvalue weighted by Crippen LogP contribution is -2.03. The van der Waals surface area contributed by atoms with Crippen LogP contribution in [0.5, 0.6) is 0 Å². The first-order chi connectivity index (χ1) is 6.81. The lowest BCUT2D eigenvalue weighted by Gasteiger charge is -2.02. The first-order valence-electron chi connectivity index (χ1n) is 4.46. The quantitative estimate of drug-likeness (QED) is 0.819. The Labute approximate surface area is 91.1 Å². The molecule has 0 unspecified atom stereocenters. The minimum Gasteiger partial charge on any atom is -0.354 e. The first kappa shape index (κ1) is 9.68. The summed E-state index contributed by atoms with van der Waals surface area (Å²) in [6, 6.07) is 1.94. The summed E-state index contributed by atoms with van der Waals surface area (Å²) < 4.78 is 0. The van der Waals surface area contributed by atoms with Crippen molar-refractivity contribution >= 4 is 39.1 Å². The van der Waals surface area contributed by atoms with E-state index in [0.29, 0.717) is 11.1 Å². The highest BCUT2D eigenvalue weighted by molar-refractivity contribution is 7.16. The van der Waals surface area contributed by atoms with Gasteiger partial charge >= 0.3 is 0 Å². The average molecular weight is 228 g/mol. The van der Waals surface area contributed by atoms with Crippen LogP contribution in [0.4, 0.5) is 5.95 Å². The number of anilines is 1. The van der Waals surface area contributed by atoms with E-state index in [2.05, 4.69) is 22.2 Å². The topological polar surface area (TPSA) is 37.8 Å². The van der Waals surface area contributed by atoms with Crippen molar-refractivity contribution in [3.8, 4) is 0 Å². The van der Waals surface area contributed by atoms with E-state index in [9.17, 15) is 0 Å². The molecule has 2 heterocycles. The van der Waals surface area contributed by atoms with Crippen molar-refractivity contribution in [2.45, 2.75) is 13.3 Å². The number of aromatic nitrogens is 2. The number of nitrogens with one attached hydrogen (secondary N) is 1. The van der Waals surface area contributed by atoms with Crippen LogP contribution in [0.3, 0.4) is 0 Å². The number of rotatable bonds is 3. The number of nitrogens with zero attached hydrogens (tertiary/aromatic N) is 2. The number of halogens is 1. The van der Waals surface area contributed by atoms with Gasteiger partial charge in [-0.05, 0) is 17.9 Å². The van der Waals surface area contributed by atoms with E-state index in [0.717, 1.165) is 23.2 Å². The van der Waals surface area contributed by atoms with Crippen molar-refractivity contribution < 1.29 is 0 Å². The molecule has 2 aromatic rings. The zero-order valence-electron chi connectivity index (χ0n) is 7.75. The molecule has 0 aliphatic rings. The number of fused-ring (bicyclic) bond motifs is 1. The van der Waals surface area contributed by atoms with Crippen LogP contribution in [0.1, 0.15) is 13.3 Å². The van der Waals surface area contributed by atoms with E-state index in [-0.39, 0.29) is 0 Å². The molecule has 3 nitrogen and oxygen atoms in total. The molecular formula is C9H10ClN3S. The third-order valence-corrected chi connectivity index (χ3v) is 2.91. The van der Waals surface area contributed by atoms with Crippen molar-refractivity contribution in [1.29, 1.82) is 0 Å². The molecule has 0 aliphatic carbocycles. The van der Waals surface area contributed by atoms with Gasteiger partial charge in [0.15, 0.2) is 0 Å². The van der Waals surface area contributed by atoms with Crippen molar-refractivity contribution in [2.75, 3.05) is 11.9 Å². The Kier molecular flexibility index (Phi) is 2.84. The van der Waals surface area contributed by atoms with Crippen molar-refractivity contribution in [1.82, 2.24) is 9.97 Å². The van der Waals surface area contributed by atoms with Gasteiger partial charge in [-0.15, -0.1) is 11.3 Å². The van der Waals surface area contributed by atoms with Gasteiger partial charge in [-0.2, -0.15) is 0 Å². The Morgan fingerprint density at radius 1 is 1.50 bits per heavy atom. The van der Waals surface area contributed by atoms with E-state index in [4.69, 9.17) is 11.6 Å². The Balaban J connectivity index is 2.38. The maximum absolute atomic E-state index is 6.00. The molecular weight excluding hydrogens is 218 g/mol. The van der Waals surface area contributed by atoms with Gasteiger partial charge in [0.05, 0.1) is 0 Å². The second kappa shape index (κ2) is 4.11. The first-order valence-corrected chi connectivity index (χ1v) is 5.71. The molecule has 0 saturated carbocycles. The van der Waals surface area contributed by atoms with Crippen molar-refractivity contribution in [3.05, 3.63) is 16.6 Å². The van der Waals surface area contributed by atoms with Crippen LogP contribution in [0.2, 0.25) is 5.15 Å². The second-order valence-electron chi connectivity index (χ2n) is 2.90. The van der Waals surface area contributed by atoms with Gasteiger partial charge in [0, 0.05) is 11.9 Å². The van der Waals surface area contributed by atoms with Crippen LogP contribution in [0.25, 0.3) is 10.2 Å². The largest absolute Gasteiger partial charge is 0.354 e. The van der Waals surface area contributed by atoms with Gasteiger partial charge in [-0.25, -0.2) is 9.97 Å². The molecule has 5 heteroatoms. The molecule has 74 valence electrons. The minimum absolute atomic E-state index is 0.523. The lowest BCUT2D eigenvalue weighted by atomic mass is 10.4. The summed E-state index contributed by atoms with van der Waals surface area (Å²) >= 11 is 7.57. The van der Waals surface area contributed by atoms with E-state index in [1.807, 2.05) is 11.4 Å². The smallest absolute Gasteiger partial charge is 0.225 e. The van der Waals surface area contributed by atoms with Gasteiger partial charge in [-0.3, -0.25) is 0 Å². The highest BCUT2D eigenvalue weighted by atomic mass is 35.5. The standard InChI is InChI=1S/C9H10ClN3S/c1-2-4-11-9-12-7(10)6-3-5-14-8(6)13-9/h3,5H,2,4H2,1H3,(H,11,12,13). The highest BCUT2D eigenvalue weighted by Gasteiger charge is 2.05. The molecule has 1 N–H and O–H groups in total. The maximum Gasteiger partial charge on any atom is 0.225 e. The molecule has 0 aliphatic heterocycles. The summed E-state index contributed by atoms with van der Waals surface area (Å²) in [6.45, 7) is 2.96. The van der Waals surface area contributed by atoms with Gasteiger partial charge in [-0.1, -0.05) is 18.5 Å². The third kappa shape index (κ3) is 1.81. The zero-order chi connectivity index (χ0) is 9.97. The number of thiophene rings is 1. The molecule has 0 aromatic carbocycles. The van der Waals surface area contributed by atoms with Crippen LogP contribution >= 0.6 is 22.9 Å². The molecule has 0 atom stereocenters. The summed E-state index contributed by atoms with van der Waals surface area (Å²) in [4.78, 5) is 9.44. The molecule has 0 bridgehead atoms. The van der Waals surface area contributed by atoms with Gasteiger partial charge < -0.3 is 5.32 Å². The molecule has 0 saturated heterocycles. The second-order valence-corrected chi connectivity index (χ2v) is 4.16. The fourth-order valence-electron chi connectivity index (χ4n) is 1.14. The summed E-state index contributed by atoms with van der Waals surface area (Å²) in [5.74, 6) is 0.617. The highest BCUT2D eigenvalue weighted by Crippen LogP contribution is 2.25. The van der Waals surface area contributed by atoms with Crippen molar-refractivity contribution in [3.63, 3.8) is 0 Å². The van der Waals surface area contributed by atoms with Crippen LogP contribution in [-0.4, -0.2) is 16.5 Å². The minimum atomic E-state index is 0.523. The van der Waals surface area contributed by atoms with Gasteiger partial charge in [0.25, 0.3) is 0 Å². The Morgan fingerprint density at radius 2 is 2.36 bits per heavy atom. The third-order valence-electron chi connectivity index (χ3n) is 1.81. The Bertz CT molecular complexity index is 441. The predicted octanol–water partition coefficient (Wildman–Crippen LogP) is 3.17. The van der Waals surface area contributed by atoms with Crippen LogP contribution in [0, 0.1) is 0 Å². The molecule has 14 heavy (non-hydrogen) atoms. The molecule has 0 amide bonds. The summed E-state index contributed by atoms with van der Waals surface area (Å²) in [5, 5.41) is 6.54. The fraction of sp³-hybridized carbons (Fsp3) is 0.333. The molecule has 0 radical (unpaired) electrons. The van der Waals surface area contributed by atoms with Gasteiger partial charge in [0.1, 0.15) is 9.98 Å². The summed E-state index contributed by atoms with van der Waals surface area (Å²) in [7, 11) is 0. The molecule has 2 aromatic heterocycles. The predicted molar refractivity (Wildman–Crippen MR) is 61.2 cm³/mol. The molecule has 2 rings (SSSR count). The summed E-state index contributed by atoms with van der Waals surface area (Å²) in [6.07, 6.45) is 1.05. The molecule has 0 fully saturated rings. The lowest BCUT2D eigenvalue weighted by molar-refractivity contribution is 0.958. The number of hydrogen-bond acceptors (Lipinski definition) is 4. The van der Waals surface area contributed by atoms with Crippen molar-refractivity contribution in [2.24, 2.45) is 0 Å². The van der Waals surface area contributed by atoms with Crippen LogP contribution in [0.15, 0.2) is 11.4 Å². The monoisotopic (exact) mass is 227 g/mol. The molecule has 0 spiro atoms. The van der Waals surface area contributed by atoms with E-state index in [1.165, 1.54) is 0 Å². The summed E-state index contributed by atoms with van der Waals surface area (Å²) in [5.41, 5.74) is 0. The average Bonchev–Trinajstić information content (AvgIpc) is 2.63. The van der Waals surface area contributed by atoms with E-state index in [1.54, 1.807) is 11.3 Å². The maximum atomic E-state index is 6.00.